The summed E-state index contributed by atoms with van der Waals surface area (Å²) in [5.41, 5.74) is 1.32. The predicted octanol–water partition coefficient (Wildman–Crippen LogP) is 2.61. The third-order valence-electron chi connectivity index (χ3n) is 4.44. The van der Waals surface area contributed by atoms with E-state index < -0.39 is 10.0 Å². The highest BCUT2D eigenvalue weighted by atomic mass is 32.2. The SMILES string of the molecule is O=C(Cc1csc(NS(=O)(=O)c2ccc(-c3ccco3)cc2)n1)N1CCOCC1. The van der Waals surface area contributed by atoms with Crippen molar-refractivity contribution in [1.29, 1.82) is 0 Å². The highest BCUT2D eigenvalue weighted by Gasteiger charge is 2.20. The summed E-state index contributed by atoms with van der Waals surface area (Å²) in [7, 11) is -3.78. The number of benzene rings is 1. The molecule has 4 rings (SSSR count). The van der Waals surface area contributed by atoms with Crippen molar-refractivity contribution in [1.82, 2.24) is 9.88 Å². The lowest BCUT2D eigenvalue weighted by Crippen LogP contribution is -2.41. The van der Waals surface area contributed by atoms with Crippen molar-refractivity contribution in [3.8, 4) is 11.3 Å². The van der Waals surface area contributed by atoms with Gasteiger partial charge in [-0.2, -0.15) is 0 Å². The van der Waals surface area contributed by atoms with Crippen LogP contribution in [0.25, 0.3) is 11.3 Å². The molecule has 0 aliphatic carbocycles. The molecule has 0 saturated carbocycles. The van der Waals surface area contributed by atoms with E-state index in [-0.39, 0.29) is 22.4 Å². The molecule has 2 aromatic heterocycles. The second-order valence-corrected chi connectivity index (χ2v) is 8.96. The van der Waals surface area contributed by atoms with Gasteiger partial charge in [0.2, 0.25) is 5.91 Å². The number of hydrogen-bond acceptors (Lipinski definition) is 7. The van der Waals surface area contributed by atoms with Gasteiger partial charge in [0, 0.05) is 24.0 Å². The topological polar surface area (TPSA) is 102 Å². The molecule has 0 unspecified atom stereocenters. The molecule has 10 heteroatoms. The van der Waals surface area contributed by atoms with E-state index in [1.54, 1.807) is 40.8 Å². The maximum Gasteiger partial charge on any atom is 0.263 e. The Hall–Kier alpha value is -2.69. The Labute approximate surface area is 172 Å². The van der Waals surface area contributed by atoms with Crippen LogP contribution < -0.4 is 4.72 Å². The summed E-state index contributed by atoms with van der Waals surface area (Å²) in [6.07, 6.45) is 1.70. The summed E-state index contributed by atoms with van der Waals surface area (Å²) in [5.74, 6) is 0.623. The van der Waals surface area contributed by atoms with E-state index in [1.807, 2.05) is 0 Å². The Balaban J connectivity index is 1.41. The van der Waals surface area contributed by atoms with Gasteiger partial charge in [-0.3, -0.25) is 9.52 Å². The molecule has 0 spiro atoms. The van der Waals surface area contributed by atoms with Crippen LogP contribution in [0.4, 0.5) is 5.13 Å². The van der Waals surface area contributed by atoms with E-state index in [4.69, 9.17) is 9.15 Å². The fourth-order valence-electron chi connectivity index (χ4n) is 2.93. The molecular weight excluding hydrogens is 414 g/mol. The lowest BCUT2D eigenvalue weighted by molar-refractivity contribution is -0.134. The Morgan fingerprint density at radius 3 is 2.62 bits per heavy atom. The van der Waals surface area contributed by atoms with Crippen molar-refractivity contribution in [3.05, 3.63) is 53.7 Å². The summed E-state index contributed by atoms with van der Waals surface area (Å²) < 4.78 is 38.3. The number of furan rings is 1. The Morgan fingerprint density at radius 1 is 1.17 bits per heavy atom. The van der Waals surface area contributed by atoms with Gasteiger partial charge in [0.05, 0.1) is 36.5 Å². The van der Waals surface area contributed by atoms with Crippen LogP contribution in [0.1, 0.15) is 5.69 Å². The minimum Gasteiger partial charge on any atom is -0.464 e. The molecule has 1 fully saturated rings. The van der Waals surface area contributed by atoms with E-state index in [1.165, 1.54) is 12.1 Å². The number of hydrogen-bond donors (Lipinski definition) is 1. The molecule has 8 nitrogen and oxygen atoms in total. The van der Waals surface area contributed by atoms with E-state index >= 15 is 0 Å². The number of anilines is 1. The van der Waals surface area contributed by atoms with Crippen LogP contribution >= 0.6 is 11.3 Å². The van der Waals surface area contributed by atoms with Crippen molar-refractivity contribution in [2.45, 2.75) is 11.3 Å². The molecule has 3 heterocycles. The maximum atomic E-state index is 12.6. The van der Waals surface area contributed by atoms with Gasteiger partial charge >= 0.3 is 0 Å². The molecule has 1 N–H and O–H groups in total. The zero-order valence-electron chi connectivity index (χ0n) is 15.4. The molecule has 3 aromatic rings. The molecule has 1 aromatic carbocycles. The van der Waals surface area contributed by atoms with Crippen LogP contribution in [0.3, 0.4) is 0 Å². The molecule has 0 bridgehead atoms. The number of thiazole rings is 1. The Kier molecular flexibility index (Phi) is 5.65. The highest BCUT2D eigenvalue weighted by Crippen LogP contribution is 2.24. The number of ether oxygens (including phenoxy) is 1. The number of nitrogens with zero attached hydrogens (tertiary/aromatic N) is 2. The molecule has 0 atom stereocenters. The smallest absolute Gasteiger partial charge is 0.263 e. The first kappa shape index (κ1) is 19.6. The van der Waals surface area contributed by atoms with Gasteiger partial charge in [0.1, 0.15) is 5.76 Å². The zero-order valence-corrected chi connectivity index (χ0v) is 17.0. The summed E-state index contributed by atoms with van der Waals surface area (Å²) in [6, 6.07) is 9.96. The summed E-state index contributed by atoms with van der Waals surface area (Å²) in [4.78, 5) is 18.4. The number of carbonyl (C=O) groups excluding carboxylic acids is 1. The van der Waals surface area contributed by atoms with Gasteiger partial charge in [-0.15, -0.1) is 11.3 Å². The van der Waals surface area contributed by atoms with Crippen LogP contribution in [0.5, 0.6) is 0 Å². The van der Waals surface area contributed by atoms with Crippen LogP contribution in [-0.2, 0) is 26.0 Å². The summed E-state index contributed by atoms with van der Waals surface area (Å²) in [6.45, 7) is 2.20. The Bertz CT molecular complexity index is 1070. The van der Waals surface area contributed by atoms with Gasteiger partial charge < -0.3 is 14.1 Å². The number of amides is 1. The molecule has 1 aliphatic heterocycles. The van der Waals surface area contributed by atoms with Crippen LogP contribution in [0.2, 0.25) is 0 Å². The third kappa shape index (κ3) is 4.66. The Morgan fingerprint density at radius 2 is 1.93 bits per heavy atom. The zero-order chi connectivity index (χ0) is 20.3. The van der Waals surface area contributed by atoms with Crippen molar-refractivity contribution in [2.24, 2.45) is 0 Å². The lowest BCUT2D eigenvalue weighted by atomic mass is 10.2. The normalized spacial score (nSPS) is 14.7. The van der Waals surface area contributed by atoms with Crippen LogP contribution in [-0.4, -0.2) is 50.5 Å². The quantitative estimate of drug-likeness (QED) is 0.641. The van der Waals surface area contributed by atoms with Crippen LogP contribution in [0, 0.1) is 0 Å². The van der Waals surface area contributed by atoms with Crippen molar-refractivity contribution in [2.75, 3.05) is 31.0 Å². The van der Waals surface area contributed by atoms with E-state index in [2.05, 4.69) is 9.71 Å². The van der Waals surface area contributed by atoms with Gasteiger partial charge in [-0.05, 0) is 36.4 Å². The monoisotopic (exact) mass is 433 g/mol. The van der Waals surface area contributed by atoms with E-state index in [9.17, 15) is 13.2 Å². The number of sulfonamides is 1. The first-order valence-corrected chi connectivity index (χ1v) is 11.3. The minimum atomic E-state index is -3.78. The first-order valence-electron chi connectivity index (χ1n) is 8.98. The van der Waals surface area contributed by atoms with Crippen molar-refractivity contribution in [3.63, 3.8) is 0 Å². The van der Waals surface area contributed by atoms with Gasteiger partial charge in [0.15, 0.2) is 5.13 Å². The van der Waals surface area contributed by atoms with Crippen molar-refractivity contribution < 1.29 is 22.4 Å². The average Bonchev–Trinajstić information content (AvgIpc) is 3.41. The molecule has 1 saturated heterocycles. The molecule has 152 valence electrons. The fourth-order valence-corrected chi connectivity index (χ4v) is 4.89. The fraction of sp³-hybridized carbons (Fsp3) is 0.263. The maximum absolute atomic E-state index is 12.6. The first-order chi connectivity index (χ1) is 14.0. The van der Waals surface area contributed by atoms with Gasteiger partial charge in [0.25, 0.3) is 10.0 Å². The minimum absolute atomic E-state index is 0.0403. The molecular formula is C19H19N3O5S2. The number of aromatic nitrogens is 1. The average molecular weight is 434 g/mol. The number of morpholine rings is 1. The standard InChI is InChI=1S/C19H19N3O5S2/c23-18(22-7-10-26-11-8-22)12-15-13-28-19(20-15)21-29(24,25)16-5-3-14(4-6-16)17-2-1-9-27-17/h1-6,9,13H,7-8,10-12H2,(H,20,21). The van der Waals surface area contributed by atoms with Gasteiger partial charge in [-0.1, -0.05) is 0 Å². The number of nitrogens with one attached hydrogen (secondary N) is 1. The molecule has 29 heavy (non-hydrogen) atoms. The molecule has 1 amide bonds. The summed E-state index contributed by atoms with van der Waals surface area (Å²) in [5, 5.41) is 1.92. The second-order valence-electron chi connectivity index (χ2n) is 6.42. The highest BCUT2D eigenvalue weighted by molar-refractivity contribution is 7.93. The molecule has 1 aliphatic rings. The predicted molar refractivity (Wildman–Crippen MR) is 108 cm³/mol. The number of carbonyl (C=O) groups is 1. The number of rotatable bonds is 6. The van der Waals surface area contributed by atoms with Gasteiger partial charge in [-0.25, -0.2) is 13.4 Å². The largest absolute Gasteiger partial charge is 0.464 e. The summed E-state index contributed by atoms with van der Waals surface area (Å²) >= 11 is 1.15. The third-order valence-corrected chi connectivity index (χ3v) is 6.73. The van der Waals surface area contributed by atoms with Crippen molar-refractivity contribution >= 4 is 32.4 Å². The lowest BCUT2D eigenvalue weighted by Gasteiger charge is -2.26. The van der Waals surface area contributed by atoms with E-state index in [0.717, 1.165) is 16.9 Å². The van der Waals surface area contributed by atoms with E-state index in [0.29, 0.717) is 37.8 Å². The second kappa shape index (κ2) is 8.36. The van der Waals surface area contributed by atoms with Crippen LogP contribution in [0.15, 0.2) is 57.4 Å². The molecule has 0 radical (unpaired) electrons.